The summed E-state index contributed by atoms with van der Waals surface area (Å²) in [4.78, 5) is 25.2. The van der Waals surface area contributed by atoms with Gasteiger partial charge in [-0.1, -0.05) is 52.8 Å². The van der Waals surface area contributed by atoms with Gasteiger partial charge in [-0.25, -0.2) is 9.36 Å². The Labute approximate surface area is 169 Å². The van der Waals surface area contributed by atoms with Gasteiger partial charge in [-0.15, -0.1) is 0 Å². The van der Waals surface area contributed by atoms with Crippen molar-refractivity contribution in [2.75, 3.05) is 6.61 Å². The van der Waals surface area contributed by atoms with Crippen LogP contribution in [0.4, 0.5) is 0 Å². The van der Waals surface area contributed by atoms with Crippen molar-refractivity contribution in [1.82, 2.24) is 20.2 Å². The van der Waals surface area contributed by atoms with E-state index in [1.165, 1.54) is 10.8 Å². The van der Waals surface area contributed by atoms with E-state index in [1.54, 1.807) is 24.3 Å². The quantitative estimate of drug-likeness (QED) is 0.555. The number of para-hydroxylation sites is 2. The lowest BCUT2D eigenvalue weighted by molar-refractivity contribution is 0.0909. The number of amides is 1. The van der Waals surface area contributed by atoms with Gasteiger partial charge in [0.05, 0.1) is 5.69 Å². The van der Waals surface area contributed by atoms with E-state index in [4.69, 9.17) is 13.8 Å². The maximum Gasteiger partial charge on any atom is 0.446 e. The molecule has 4 aromatic rings. The molecule has 30 heavy (non-hydrogen) atoms. The number of fused-ring (bicyclic) bond motifs is 3. The first-order valence-corrected chi connectivity index (χ1v) is 9.29. The zero-order chi connectivity index (χ0) is 20.5. The van der Waals surface area contributed by atoms with E-state index in [9.17, 15) is 9.59 Å². The average Bonchev–Trinajstić information content (AvgIpc) is 3.34. The van der Waals surface area contributed by atoms with Crippen LogP contribution in [0.3, 0.4) is 0 Å². The Morgan fingerprint density at radius 3 is 2.77 bits per heavy atom. The predicted octanol–water partition coefficient (Wildman–Crippen LogP) is 2.27. The number of nitrogens with one attached hydrogen (secondary N) is 1. The minimum Gasteiger partial charge on any atom is -0.489 e. The Morgan fingerprint density at radius 1 is 1.10 bits per heavy atom. The number of ether oxygens (including phenoxy) is 1. The molecule has 1 N–H and O–H groups in total. The van der Waals surface area contributed by atoms with Gasteiger partial charge >= 0.3 is 5.76 Å². The van der Waals surface area contributed by atoms with Crippen molar-refractivity contribution in [1.29, 1.82) is 0 Å². The van der Waals surface area contributed by atoms with E-state index in [2.05, 4.69) is 15.6 Å². The molecular formula is C21H16N4O5. The van der Waals surface area contributed by atoms with Crippen LogP contribution in [0.15, 0.2) is 74.7 Å². The van der Waals surface area contributed by atoms with E-state index >= 15 is 0 Å². The lowest BCUT2D eigenvalue weighted by Gasteiger charge is -2.14. The number of carbonyl (C=O) groups is 1. The summed E-state index contributed by atoms with van der Waals surface area (Å²) in [5, 5.41) is 10.5. The fourth-order valence-corrected chi connectivity index (χ4v) is 3.43. The van der Waals surface area contributed by atoms with Crippen LogP contribution in [0.1, 0.15) is 33.5 Å². The molecule has 0 aliphatic carbocycles. The highest BCUT2D eigenvalue weighted by atomic mass is 16.5. The van der Waals surface area contributed by atoms with Gasteiger partial charge in [0.15, 0.2) is 11.5 Å². The van der Waals surface area contributed by atoms with E-state index < -0.39 is 17.7 Å². The second kappa shape index (κ2) is 7.36. The Hall–Kier alpha value is -4.14. The highest BCUT2D eigenvalue weighted by Gasteiger charge is 2.30. The van der Waals surface area contributed by atoms with Crippen LogP contribution in [0.2, 0.25) is 0 Å². The van der Waals surface area contributed by atoms with E-state index in [0.29, 0.717) is 23.4 Å². The molecule has 0 saturated heterocycles. The summed E-state index contributed by atoms with van der Waals surface area (Å²) in [7, 11) is 0. The summed E-state index contributed by atoms with van der Waals surface area (Å²) in [6, 6.07) is 16.0. The zero-order valence-electron chi connectivity index (χ0n) is 15.6. The molecule has 0 unspecified atom stereocenters. The molecule has 1 amide bonds. The van der Waals surface area contributed by atoms with Crippen LogP contribution in [0.25, 0.3) is 5.69 Å². The van der Waals surface area contributed by atoms with Crippen LogP contribution in [0.5, 0.6) is 5.75 Å². The molecule has 0 bridgehead atoms. The molecule has 0 spiro atoms. The minimum atomic E-state index is -0.724. The first-order valence-electron chi connectivity index (χ1n) is 9.29. The number of hydrogen-bond donors (Lipinski definition) is 1. The van der Waals surface area contributed by atoms with Gasteiger partial charge in [-0.3, -0.25) is 9.32 Å². The molecule has 0 radical (unpaired) electrons. The highest BCUT2D eigenvalue weighted by molar-refractivity contribution is 5.93. The molecule has 3 heterocycles. The first-order chi connectivity index (χ1) is 14.7. The lowest BCUT2D eigenvalue weighted by atomic mass is 10.1. The summed E-state index contributed by atoms with van der Waals surface area (Å²) in [6.45, 7) is 0.0700. The molecule has 0 saturated carbocycles. The monoisotopic (exact) mass is 404 g/mol. The van der Waals surface area contributed by atoms with E-state index in [-0.39, 0.29) is 18.1 Å². The van der Waals surface area contributed by atoms with Crippen LogP contribution in [0, 0.1) is 0 Å². The summed E-state index contributed by atoms with van der Waals surface area (Å²) in [6.07, 6.45) is 1.95. The van der Waals surface area contributed by atoms with Crippen LogP contribution in [-0.2, 0) is 6.42 Å². The second-order valence-electron chi connectivity index (χ2n) is 6.80. The number of carbonyl (C=O) groups excluding carboxylic acids is 1. The zero-order valence-corrected chi connectivity index (χ0v) is 15.6. The fourth-order valence-electron chi connectivity index (χ4n) is 3.43. The number of benzene rings is 2. The molecular weight excluding hydrogens is 388 g/mol. The van der Waals surface area contributed by atoms with Crippen molar-refractivity contribution >= 4 is 5.91 Å². The van der Waals surface area contributed by atoms with Gasteiger partial charge in [-0.2, -0.15) is 0 Å². The molecule has 150 valence electrons. The molecule has 1 atom stereocenters. The largest absolute Gasteiger partial charge is 0.489 e. The maximum absolute atomic E-state index is 13.0. The van der Waals surface area contributed by atoms with E-state index in [1.807, 2.05) is 30.3 Å². The maximum atomic E-state index is 13.0. The van der Waals surface area contributed by atoms with Crippen LogP contribution >= 0.6 is 0 Å². The molecule has 2 aromatic carbocycles. The standard InChI is InChI=1S/C21H16N4O5/c26-20(18-14(11-29-23-18)10-13-6-2-1-3-7-13)22-15-12-28-17-9-5-4-8-16(17)25-19(15)24-30-21(25)27/h1-9,11,15H,10,12H2,(H,22,26)/t15-/m0/s1. The van der Waals surface area contributed by atoms with Crippen LogP contribution in [-0.4, -0.2) is 27.4 Å². The first kappa shape index (κ1) is 17.9. The summed E-state index contributed by atoms with van der Waals surface area (Å²) >= 11 is 0. The third kappa shape index (κ3) is 3.16. The Bertz CT molecular complexity index is 1260. The van der Waals surface area contributed by atoms with Gasteiger partial charge in [0.2, 0.25) is 0 Å². The smallest absolute Gasteiger partial charge is 0.446 e. The number of hydrogen-bond acceptors (Lipinski definition) is 7. The topological polar surface area (TPSA) is 112 Å². The van der Waals surface area contributed by atoms with E-state index in [0.717, 1.165) is 5.56 Å². The Morgan fingerprint density at radius 2 is 1.90 bits per heavy atom. The number of nitrogens with zero attached hydrogens (tertiary/aromatic N) is 3. The van der Waals surface area contributed by atoms with Crippen molar-refractivity contribution in [3.63, 3.8) is 0 Å². The second-order valence-corrected chi connectivity index (χ2v) is 6.80. The summed E-state index contributed by atoms with van der Waals surface area (Å²) in [5.74, 6) is -0.386. The molecule has 9 nitrogen and oxygen atoms in total. The normalized spacial score (nSPS) is 14.9. The van der Waals surface area contributed by atoms with Crippen molar-refractivity contribution in [2.24, 2.45) is 0 Å². The summed E-state index contributed by atoms with van der Waals surface area (Å²) in [5.41, 5.74) is 2.34. The SMILES string of the molecule is O=C(N[C@H]1COc2ccccc2-n2c1noc2=O)c1nocc1Cc1ccccc1. The van der Waals surface area contributed by atoms with Gasteiger partial charge < -0.3 is 14.6 Å². The minimum absolute atomic E-state index is 0.0700. The van der Waals surface area contributed by atoms with Crippen molar-refractivity contribution in [2.45, 2.75) is 12.5 Å². The predicted molar refractivity (Wildman–Crippen MR) is 104 cm³/mol. The van der Waals surface area contributed by atoms with Crippen molar-refractivity contribution in [3.05, 3.63) is 94.1 Å². The molecule has 1 aliphatic rings. The van der Waals surface area contributed by atoms with Gasteiger partial charge in [0, 0.05) is 12.0 Å². The molecule has 0 fully saturated rings. The Kier molecular flexibility index (Phi) is 4.40. The van der Waals surface area contributed by atoms with Gasteiger partial charge in [0.1, 0.15) is 24.7 Å². The summed E-state index contributed by atoms with van der Waals surface area (Å²) < 4.78 is 17.0. The Balaban J connectivity index is 1.43. The number of rotatable bonds is 4. The molecule has 5 rings (SSSR count). The third-order valence-electron chi connectivity index (χ3n) is 4.85. The van der Waals surface area contributed by atoms with Crippen LogP contribution < -0.4 is 15.8 Å². The molecule has 1 aliphatic heterocycles. The van der Waals surface area contributed by atoms with Crippen molar-refractivity contribution in [3.8, 4) is 11.4 Å². The van der Waals surface area contributed by atoms with Gasteiger partial charge in [0.25, 0.3) is 5.91 Å². The fraction of sp³-hybridized carbons (Fsp3) is 0.143. The number of aromatic nitrogens is 3. The lowest BCUT2D eigenvalue weighted by Crippen LogP contribution is -2.34. The average molecular weight is 404 g/mol. The molecule has 9 heteroatoms. The van der Waals surface area contributed by atoms with Gasteiger partial charge in [-0.05, 0) is 17.7 Å². The van der Waals surface area contributed by atoms with Crippen molar-refractivity contribution < 1.29 is 18.6 Å². The third-order valence-corrected chi connectivity index (χ3v) is 4.85. The highest BCUT2D eigenvalue weighted by Crippen LogP contribution is 2.28. The molecule has 2 aromatic heterocycles.